The van der Waals surface area contributed by atoms with Gasteiger partial charge in [0.25, 0.3) is 0 Å². The summed E-state index contributed by atoms with van der Waals surface area (Å²) in [5, 5.41) is 0. The Hall–Kier alpha value is -1.33. The number of carbonyl (C=O) groups excluding carboxylic acids is 1. The van der Waals surface area contributed by atoms with E-state index in [2.05, 4.69) is 0 Å². The van der Waals surface area contributed by atoms with Gasteiger partial charge in [0, 0.05) is 0 Å². The van der Waals surface area contributed by atoms with E-state index in [0.717, 1.165) is 13.1 Å². The second-order valence-corrected chi connectivity index (χ2v) is 3.10. The van der Waals surface area contributed by atoms with Crippen LogP contribution in [0.5, 0.6) is 0 Å². The number of hydrogen-bond acceptors (Lipinski definition) is 3. The third-order valence-corrected chi connectivity index (χ3v) is 2.21. The van der Waals surface area contributed by atoms with E-state index in [0.29, 0.717) is 11.0 Å². The molecule has 0 radical (unpaired) electrons. The van der Waals surface area contributed by atoms with E-state index in [-0.39, 0.29) is 16.9 Å². The fourth-order valence-electron chi connectivity index (χ4n) is 1.32. The van der Waals surface area contributed by atoms with Crippen LogP contribution in [0.2, 0.25) is 0 Å². The first kappa shape index (κ1) is 17.1. The van der Waals surface area contributed by atoms with Crippen LogP contribution in [0.15, 0.2) is 24.3 Å². The first-order chi connectivity index (χ1) is 6.69. The number of amides is 1. The van der Waals surface area contributed by atoms with Gasteiger partial charge in [0.05, 0.1) is 0 Å². The van der Waals surface area contributed by atoms with Gasteiger partial charge in [-0.3, -0.25) is 0 Å². The van der Waals surface area contributed by atoms with E-state index in [4.69, 9.17) is 7.85 Å². The molecule has 0 aliphatic rings. The molecule has 1 aromatic rings. The third-order valence-electron chi connectivity index (χ3n) is 2.21. The molecule has 0 bridgehead atoms. The molecule has 0 unspecified atom stereocenters. The second kappa shape index (κ2) is 7.90. The Bertz CT molecular complexity index is 310. The van der Waals surface area contributed by atoms with Gasteiger partial charge in [-0.15, -0.1) is 0 Å². The molecule has 1 aromatic carbocycles. The van der Waals surface area contributed by atoms with Gasteiger partial charge in [-0.2, -0.15) is 0 Å². The van der Waals surface area contributed by atoms with Gasteiger partial charge in [-0.25, -0.2) is 0 Å². The van der Waals surface area contributed by atoms with Gasteiger partial charge in [-0.1, -0.05) is 0 Å². The molecule has 16 heavy (non-hydrogen) atoms. The van der Waals surface area contributed by atoms with Crippen LogP contribution < -0.4 is 5.46 Å². The van der Waals surface area contributed by atoms with Crippen molar-refractivity contribution in [1.29, 1.82) is 0 Å². The Morgan fingerprint density at radius 2 is 1.56 bits per heavy atom. The van der Waals surface area contributed by atoms with E-state index in [1.54, 1.807) is 29.2 Å². The van der Waals surface area contributed by atoms with Crippen LogP contribution in [0, 0.1) is 0 Å². The molecule has 0 atom stereocenters. The normalized spacial score (nSPS) is 8.75. The van der Waals surface area contributed by atoms with Crippen molar-refractivity contribution in [2.24, 2.45) is 0 Å². The molecule has 1 amide bonds. The average Bonchev–Trinajstić information content (AvgIpc) is 2.20. The zero-order valence-corrected chi connectivity index (χ0v) is 9.55. The molecular weight excluding hydrogens is 205 g/mol. The topological polar surface area (TPSA) is 80.3 Å². The minimum Gasteiger partial charge on any atom is -0.870 e. The first-order valence-electron chi connectivity index (χ1n) is 4.83. The molecule has 86 valence electrons. The number of carbonyl (C=O) groups is 1. The Morgan fingerprint density at radius 1 is 1.12 bits per heavy atom. The number of rotatable bonds is 3. The van der Waals surface area contributed by atoms with Crippen LogP contribution in [0.25, 0.3) is 0 Å². The Morgan fingerprint density at radius 3 is 1.94 bits per heavy atom. The molecule has 1 rings (SSSR count). The molecule has 2 N–H and O–H groups in total. The molecule has 0 aromatic heterocycles. The van der Waals surface area contributed by atoms with Crippen molar-refractivity contribution in [1.82, 2.24) is 4.90 Å². The maximum atomic E-state index is 11.8. The van der Waals surface area contributed by atoms with Crippen molar-refractivity contribution in [3.8, 4) is 0 Å². The molecule has 5 heteroatoms. The second-order valence-electron chi connectivity index (χ2n) is 3.10. The zero-order chi connectivity index (χ0) is 10.6. The van der Waals surface area contributed by atoms with E-state index in [1.165, 1.54) is 0 Å². The predicted octanol–water partition coefficient (Wildman–Crippen LogP) is 0.609. The summed E-state index contributed by atoms with van der Waals surface area (Å²) < 4.78 is 0. The monoisotopic (exact) mass is 221 g/mol. The quantitative estimate of drug-likeness (QED) is 0.701. The standard InChI is InChI=1S/C11H14BNO.2H2O/c1-3-13(4-2)11(14)9-5-7-10(12)8-6-9;;/h5-8H,3-4H2,1-2H3;2*1H2/q+2;;/p-2. The van der Waals surface area contributed by atoms with Crippen LogP contribution >= 0.6 is 0 Å². The van der Waals surface area contributed by atoms with Crippen molar-refractivity contribution < 1.29 is 15.7 Å². The van der Waals surface area contributed by atoms with Gasteiger partial charge in [0.2, 0.25) is 0 Å². The van der Waals surface area contributed by atoms with E-state index in [1.807, 2.05) is 13.8 Å². The van der Waals surface area contributed by atoms with Crippen LogP contribution in [-0.4, -0.2) is 42.7 Å². The summed E-state index contributed by atoms with van der Waals surface area (Å²) in [6.07, 6.45) is 0. The Balaban J connectivity index is 0. The Kier molecular flexibility index (Phi) is 8.44. The van der Waals surface area contributed by atoms with Crippen molar-refractivity contribution >= 4 is 19.2 Å². The number of benzene rings is 1. The summed E-state index contributed by atoms with van der Waals surface area (Å²) >= 11 is 0. The summed E-state index contributed by atoms with van der Waals surface area (Å²) in [5.74, 6) is 0.0648. The minimum absolute atomic E-state index is 0. The van der Waals surface area contributed by atoms with E-state index in [9.17, 15) is 4.79 Å². The molecule has 4 nitrogen and oxygen atoms in total. The molecule has 0 fully saturated rings. The predicted molar refractivity (Wildman–Crippen MR) is 63.0 cm³/mol. The molecular formula is C11H16BNO3. The Labute approximate surface area is 97.3 Å². The molecule has 0 aliphatic heterocycles. The van der Waals surface area contributed by atoms with Crippen molar-refractivity contribution in [2.75, 3.05) is 13.1 Å². The summed E-state index contributed by atoms with van der Waals surface area (Å²) in [5.41, 5.74) is 1.38. The SMILES string of the molecule is [B+2]c1ccc(C(=O)N(CC)CC)cc1.[OH-].[OH-]. The van der Waals surface area contributed by atoms with Crippen molar-refractivity contribution in [3.63, 3.8) is 0 Å². The van der Waals surface area contributed by atoms with Crippen molar-refractivity contribution in [2.45, 2.75) is 13.8 Å². The third kappa shape index (κ3) is 4.04. The van der Waals surface area contributed by atoms with E-state index >= 15 is 0 Å². The van der Waals surface area contributed by atoms with Crippen LogP contribution in [0.4, 0.5) is 0 Å². The van der Waals surface area contributed by atoms with Gasteiger partial charge >= 0.3 is 85.7 Å². The summed E-state index contributed by atoms with van der Waals surface area (Å²) in [6.45, 7) is 5.41. The summed E-state index contributed by atoms with van der Waals surface area (Å²) in [7, 11) is 5.54. The average molecular weight is 221 g/mol. The summed E-state index contributed by atoms with van der Waals surface area (Å²) in [4.78, 5) is 13.6. The number of hydrogen-bond donors (Lipinski definition) is 0. The largest absolute Gasteiger partial charge is 0.870 e. The van der Waals surface area contributed by atoms with Gasteiger partial charge in [-0.05, 0) is 0 Å². The molecule has 0 saturated carbocycles. The summed E-state index contributed by atoms with van der Waals surface area (Å²) in [6, 6.07) is 7.01. The maximum absolute atomic E-state index is 11.8. The molecule has 0 heterocycles. The van der Waals surface area contributed by atoms with E-state index < -0.39 is 0 Å². The molecule has 0 saturated heterocycles. The molecule has 0 spiro atoms. The fraction of sp³-hybridized carbons (Fsp3) is 0.364. The maximum Gasteiger partial charge on any atom is -0.870 e. The van der Waals surface area contributed by atoms with Crippen LogP contribution in [0.3, 0.4) is 0 Å². The first-order valence-corrected chi connectivity index (χ1v) is 4.83. The van der Waals surface area contributed by atoms with Crippen LogP contribution in [0.1, 0.15) is 24.2 Å². The smallest absolute Gasteiger partial charge is 0.870 e. The van der Waals surface area contributed by atoms with Gasteiger partial charge < -0.3 is 11.0 Å². The zero-order valence-electron chi connectivity index (χ0n) is 9.55. The van der Waals surface area contributed by atoms with Crippen molar-refractivity contribution in [3.05, 3.63) is 29.8 Å². The van der Waals surface area contributed by atoms with Gasteiger partial charge in [0.15, 0.2) is 0 Å². The van der Waals surface area contributed by atoms with Gasteiger partial charge in [0.1, 0.15) is 0 Å². The van der Waals surface area contributed by atoms with Crippen LogP contribution in [-0.2, 0) is 0 Å². The minimum atomic E-state index is 0. The molecule has 0 aliphatic carbocycles. The number of nitrogens with zero attached hydrogens (tertiary/aromatic N) is 1. The fourth-order valence-corrected chi connectivity index (χ4v) is 1.32.